The number of imidazole rings is 1. The fraction of sp³-hybridized carbons (Fsp3) is 0.0714. The number of rotatable bonds is 1. The van der Waals surface area contributed by atoms with Gasteiger partial charge in [-0.3, -0.25) is 0 Å². The van der Waals surface area contributed by atoms with Gasteiger partial charge in [0.1, 0.15) is 11.6 Å². The molecule has 2 N–H and O–H groups in total. The van der Waals surface area contributed by atoms with Crippen LogP contribution in [-0.2, 0) is 7.05 Å². The molecule has 0 radical (unpaired) electrons. The van der Waals surface area contributed by atoms with Gasteiger partial charge in [-0.1, -0.05) is 0 Å². The molecule has 3 rings (SSSR count). The summed E-state index contributed by atoms with van der Waals surface area (Å²) >= 11 is 3.40. The van der Waals surface area contributed by atoms with Crippen LogP contribution in [-0.4, -0.2) is 9.55 Å². The van der Waals surface area contributed by atoms with Crippen LogP contribution < -0.4 is 5.73 Å². The van der Waals surface area contributed by atoms with E-state index in [9.17, 15) is 4.39 Å². The molecule has 0 aliphatic rings. The molecule has 19 heavy (non-hydrogen) atoms. The van der Waals surface area contributed by atoms with Crippen molar-refractivity contribution in [1.82, 2.24) is 9.55 Å². The van der Waals surface area contributed by atoms with Crippen LogP contribution in [0, 0.1) is 5.82 Å². The Morgan fingerprint density at radius 2 is 2.00 bits per heavy atom. The summed E-state index contributed by atoms with van der Waals surface area (Å²) in [6.45, 7) is 0. The summed E-state index contributed by atoms with van der Waals surface area (Å²) in [6.07, 6.45) is 0. The number of aromatic nitrogens is 2. The third-order valence-corrected chi connectivity index (χ3v) is 3.79. The van der Waals surface area contributed by atoms with E-state index < -0.39 is 0 Å². The van der Waals surface area contributed by atoms with Crippen molar-refractivity contribution in [1.29, 1.82) is 0 Å². The van der Waals surface area contributed by atoms with E-state index >= 15 is 0 Å². The molecule has 1 aromatic heterocycles. The van der Waals surface area contributed by atoms with Crippen molar-refractivity contribution in [2.75, 3.05) is 5.73 Å². The van der Waals surface area contributed by atoms with Gasteiger partial charge in [-0.05, 0) is 52.3 Å². The van der Waals surface area contributed by atoms with Gasteiger partial charge in [0.05, 0.1) is 11.0 Å². The highest BCUT2D eigenvalue weighted by atomic mass is 79.9. The summed E-state index contributed by atoms with van der Waals surface area (Å²) in [6, 6.07) is 10.2. The summed E-state index contributed by atoms with van der Waals surface area (Å²) in [5.74, 6) is 0.516. The second-order valence-electron chi connectivity index (χ2n) is 4.36. The molecule has 0 unspecified atom stereocenters. The Labute approximate surface area is 118 Å². The van der Waals surface area contributed by atoms with Crippen LogP contribution in [0.3, 0.4) is 0 Å². The van der Waals surface area contributed by atoms with Crippen LogP contribution in [0.4, 0.5) is 10.1 Å². The van der Waals surface area contributed by atoms with Gasteiger partial charge in [0.25, 0.3) is 0 Å². The molecule has 2 aromatic carbocycles. The number of halogens is 2. The van der Waals surface area contributed by atoms with Crippen molar-refractivity contribution in [3.05, 3.63) is 46.7 Å². The summed E-state index contributed by atoms with van der Waals surface area (Å²) < 4.78 is 16.0. The minimum absolute atomic E-state index is 0.263. The predicted molar refractivity (Wildman–Crippen MR) is 78.2 cm³/mol. The first kappa shape index (κ1) is 12.2. The van der Waals surface area contributed by atoms with Crippen LogP contribution in [0.15, 0.2) is 40.9 Å². The standard InChI is InChI=1S/C14H11BrFN3/c1-19-13-7-9(16)3-5-12(13)18-14(19)8-2-4-11(17)10(15)6-8/h2-7H,17H2,1H3. The third-order valence-electron chi connectivity index (χ3n) is 3.10. The van der Waals surface area contributed by atoms with Gasteiger partial charge >= 0.3 is 0 Å². The van der Waals surface area contributed by atoms with E-state index in [2.05, 4.69) is 20.9 Å². The normalized spacial score (nSPS) is 11.1. The smallest absolute Gasteiger partial charge is 0.140 e. The van der Waals surface area contributed by atoms with Crippen LogP contribution in [0.25, 0.3) is 22.4 Å². The van der Waals surface area contributed by atoms with Crippen LogP contribution >= 0.6 is 15.9 Å². The molecule has 0 saturated heterocycles. The Morgan fingerprint density at radius 3 is 2.74 bits per heavy atom. The first-order valence-corrected chi connectivity index (χ1v) is 6.53. The number of nitrogens with two attached hydrogens (primary N) is 1. The maximum absolute atomic E-state index is 13.3. The maximum Gasteiger partial charge on any atom is 0.140 e. The summed E-state index contributed by atoms with van der Waals surface area (Å²) in [5.41, 5.74) is 8.92. The van der Waals surface area contributed by atoms with Crippen LogP contribution in [0.1, 0.15) is 0 Å². The zero-order valence-corrected chi connectivity index (χ0v) is 11.8. The van der Waals surface area contributed by atoms with Crippen molar-refractivity contribution in [3.8, 4) is 11.4 Å². The molecule has 0 aliphatic carbocycles. The number of fused-ring (bicyclic) bond motifs is 1. The third kappa shape index (κ3) is 2.00. The lowest BCUT2D eigenvalue weighted by Crippen LogP contribution is -1.94. The summed E-state index contributed by atoms with van der Waals surface area (Å²) in [7, 11) is 1.87. The molecule has 96 valence electrons. The van der Waals surface area contributed by atoms with E-state index in [1.54, 1.807) is 6.07 Å². The molecule has 0 amide bonds. The number of nitrogens with zero attached hydrogens (tertiary/aromatic N) is 2. The molecule has 0 aliphatic heterocycles. The topological polar surface area (TPSA) is 43.8 Å². The average Bonchev–Trinajstić information content (AvgIpc) is 2.70. The fourth-order valence-electron chi connectivity index (χ4n) is 2.09. The molecule has 0 atom stereocenters. The van der Waals surface area contributed by atoms with E-state index in [0.717, 1.165) is 26.9 Å². The van der Waals surface area contributed by atoms with Crippen molar-refractivity contribution >= 4 is 32.7 Å². The molecule has 0 spiro atoms. The zero-order chi connectivity index (χ0) is 13.6. The molecule has 3 nitrogen and oxygen atoms in total. The second-order valence-corrected chi connectivity index (χ2v) is 5.22. The van der Waals surface area contributed by atoms with Gasteiger partial charge in [-0.2, -0.15) is 0 Å². The molecule has 3 aromatic rings. The SMILES string of the molecule is Cn1c(-c2ccc(N)c(Br)c2)nc2ccc(F)cc21. The highest BCUT2D eigenvalue weighted by Gasteiger charge is 2.11. The Morgan fingerprint density at radius 1 is 1.21 bits per heavy atom. The minimum Gasteiger partial charge on any atom is -0.398 e. The quantitative estimate of drug-likeness (QED) is 0.695. The minimum atomic E-state index is -0.263. The lowest BCUT2D eigenvalue weighted by atomic mass is 10.2. The molecule has 0 saturated carbocycles. The van der Waals surface area contributed by atoms with E-state index in [1.165, 1.54) is 12.1 Å². The summed E-state index contributed by atoms with van der Waals surface area (Å²) in [4.78, 5) is 4.53. The number of hydrogen-bond donors (Lipinski definition) is 1. The van der Waals surface area contributed by atoms with Crippen molar-refractivity contribution < 1.29 is 4.39 Å². The highest BCUT2D eigenvalue weighted by molar-refractivity contribution is 9.10. The van der Waals surface area contributed by atoms with Gasteiger partial charge in [0, 0.05) is 22.8 Å². The van der Waals surface area contributed by atoms with Gasteiger partial charge in [0.15, 0.2) is 0 Å². The Kier molecular flexibility index (Phi) is 2.78. The van der Waals surface area contributed by atoms with Gasteiger partial charge in [-0.25, -0.2) is 9.37 Å². The van der Waals surface area contributed by atoms with Gasteiger partial charge in [0.2, 0.25) is 0 Å². The molecule has 0 bridgehead atoms. The van der Waals surface area contributed by atoms with Crippen molar-refractivity contribution in [3.63, 3.8) is 0 Å². The predicted octanol–water partition coefficient (Wildman–Crippen LogP) is 3.72. The second kappa shape index (κ2) is 4.35. The zero-order valence-electron chi connectivity index (χ0n) is 10.2. The van der Waals surface area contributed by atoms with Crippen LogP contribution in [0.2, 0.25) is 0 Å². The molecular formula is C14H11BrFN3. The van der Waals surface area contributed by atoms with E-state index in [4.69, 9.17) is 5.73 Å². The first-order chi connectivity index (χ1) is 9.06. The van der Waals surface area contributed by atoms with Crippen molar-refractivity contribution in [2.24, 2.45) is 7.05 Å². The first-order valence-electron chi connectivity index (χ1n) is 5.73. The lowest BCUT2D eigenvalue weighted by molar-refractivity contribution is 0.629. The average molecular weight is 320 g/mol. The number of anilines is 1. The van der Waals surface area contributed by atoms with E-state index in [1.807, 2.05) is 29.8 Å². The maximum atomic E-state index is 13.3. The molecule has 1 heterocycles. The highest BCUT2D eigenvalue weighted by Crippen LogP contribution is 2.29. The summed E-state index contributed by atoms with van der Waals surface area (Å²) in [5, 5.41) is 0. The number of nitrogen functional groups attached to an aromatic ring is 1. The van der Waals surface area contributed by atoms with Crippen molar-refractivity contribution in [2.45, 2.75) is 0 Å². The Hall–Kier alpha value is -1.88. The molecular weight excluding hydrogens is 309 g/mol. The molecule has 5 heteroatoms. The van der Waals surface area contributed by atoms with Gasteiger partial charge in [-0.15, -0.1) is 0 Å². The lowest BCUT2D eigenvalue weighted by Gasteiger charge is -2.04. The fourth-order valence-corrected chi connectivity index (χ4v) is 2.47. The Bertz CT molecular complexity index is 780. The monoisotopic (exact) mass is 319 g/mol. The molecule has 0 fully saturated rings. The number of aryl methyl sites for hydroxylation is 1. The van der Waals surface area contributed by atoms with Crippen LogP contribution in [0.5, 0.6) is 0 Å². The van der Waals surface area contributed by atoms with E-state index in [0.29, 0.717) is 5.69 Å². The number of benzene rings is 2. The van der Waals surface area contributed by atoms with E-state index in [-0.39, 0.29) is 5.82 Å². The Balaban J connectivity index is 2.24. The largest absolute Gasteiger partial charge is 0.398 e. The van der Waals surface area contributed by atoms with Gasteiger partial charge < -0.3 is 10.3 Å². The number of hydrogen-bond acceptors (Lipinski definition) is 2.